The number of likely N-dealkylation sites (tertiary alicyclic amines) is 2. The van der Waals surface area contributed by atoms with Crippen molar-refractivity contribution in [2.45, 2.75) is 84.2 Å². The summed E-state index contributed by atoms with van der Waals surface area (Å²) in [6.07, 6.45) is 6.28. The van der Waals surface area contributed by atoms with Gasteiger partial charge in [0.15, 0.2) is 5.65 Å². The lowest BCUT2D eigenvalue weighted by Gasteiger charge is -2.33. The molecule has 8 heteroatoms. The Kier molecular flexibility index (Phi) is 6.16. The number of hydrogen-bond donors (Lipinski definition) is 1. The Morgan fingerprint density at radius 1 is 1.13 bits per heavy atom. The topological polar surface area (TPSA) is 90.8 Å². The monoisotopic (exact) mass is 427 g/mol. The number of nitrogens with one attached hydrogen (secondary N) is 1. The van der Waals surface area contributed by atoms with Crippen molar-refractivity contribution < 1.29 is 9.59 Å². The van der Waals surface area contributed by atoms with Crippen LogP contribution >= 0.6 is 0 Å². The first-order valence-electron chi connectivity index (χ1n) is 11.6. The number of amides is 2. The van der Waals surface area contributed by atoms with E-state index in [9.17, 15) is 14.4 Å². The summed E-state index contributed by atoms with van der Waals surface area (Å²) in [5.74, 6) is 0.242. The summed E-state index contributed by atoms with van der Waals surface area (Å²) in [6, 6.07) is 2.11. The van der Waals surface area contributed by atoms with Crippen LogP contribution in [-0.2, 0) is 16.0 Å². The maximum atomic E-state index is 13.2. The summed E-state index contributed by atoms with van der Waals surface area (Å²) < 4.78 is 1.47. The average Bonchev–Trinajstić information content (AvgIpc) is 3.40. The van der Waals surface area contributed by atoms with Crippen LogP contribution in [0.25, 0.3) is 5.65 Å². The van der Waals surface area contributed by atoms with Crippen molar-refractivity contribution in [3.05, 3.63) is 33.4 Å². The number of carbonyl (C=O) groups is 2. The van der Waals surface area contributed by atoms with Crippen molar-refractivity contribution in [3.8, 4) is 0 Å². The predicted octanol–water partition coefficient (Wildman–Crippen LogP) is 2.74. The minimum atomic E-state index is -0.153. The van der Waals surface area contributed by atoms with Gasteiger partial charge in [-0.3, -0.25) is 19.5 Å². The molecule has 8 nitrogen and oxygen atoms in total. The second-order valence-corrected chi connectivity index (χ2v) is 8.92. The van der Waals surface area contributed by atoms with Gasteiger partial charge in [0, 0.05) is 49.3 Å². The first-order valence-corrected chi connectivity index (χ1v) is 11.6. The maximum Gasteiger partial charge on any atom is 0.276 e. The number of H-pyrrole nitrogens is 1. The second-order valence-electron chi connectivity index (χ2n) is 8.92. The Hall–Kier alpha value is -2.64. The third-order valence-electron chi connectivity index (χ3n) is 6.88. The molecule has 2 aromatic heterocycles. The van der Waals surface area contributed by atoms with Gasteiger partial charge in [-0.1, -0.05) is 6.92 Å². The average molecular weight is 428 g/mol. The summed E-state index contributed by atoms with van der Waals surface area (Å²) in [7, 11) is 0. The molecule has 0 radical (unpaired) electrons. The zero-order chi connectivity index (χ0) is 22.1. The van der Waals surface area contributed by atoms with E-state index in [1.165, 1.54) is 10.9 Å². The van der Waals surface area contributed by atoms with Crippen LogP contribution in [0.4, 0.5) is 0 Å². The molecular weight excluding hydrogens is 394 g/mol. The number of fused-ring (bicyclic) bond motifs is 1. The van der Waals surface area contributed by atoms with E-state index >= 15 is 0 Å². The molecule has 31 heavy (non-hydrogen) atoms. The zero-order valence-electron chi connectivity index (χ0n) is 18.8. The van der Waals surface area contributed by atoms with E-state index in [-0.39, 0.29) is 29.5 Å². The van der Waals surface area contributed by atoms with Gasteiger partial charge in [-0.15, -0.1) is 0 Å². The molecule has 0 spiro atoms. The highest BCUT2D eigenvalue weighted by Crippen LogP contribution is 2.31. The maximum absolute atomic E-state index is 13.2. The van der Waals surface area contributed by atoms with Gasteiger partial charge in [-0.05, 0) is 52.4 Å². The summed E-state index contributed by atoms with van der Waals surface area (Å²) in [5, 5.41) is 3.19. The lowest BCUT2D eigenvalue weighted by molar-refractivity contribution is -0.134. The van der Waals surface area contributed by atoms with E-state index in [1.807, 2.05) is 29.7 Å². The number of aromatic nitrogens is 3. The predicted molar refractivity (Wildman–Crippen MR) is 118 cm³/mol. The van der Waals surface area contributed by atoms with Crippen LogP contribution in [0.5, 0.6) is 0 Å². The molecule has 2 aromatic rings. The molecule has 0 saturated carbocycles. The van der Waals surface area contributed by atoms with Crippen LogP contribution in [0.15, 0.2) is 10.9 Å². The molecule has 0 aromatic carbocycles. The van der Waals surface area contributed by atoms with Crippen LogP contribution in [0, 0.1) is 6.92 Å². The Morgan fingerprint density at radius 3 is 2.65 bits per heavy atom. The molecule has 0 unspecified atom stereocenters. The number of carbonyl (C=O) groups excluding carboxylic acids is 2. The van der Waals surface area contributed by atoms with E-state index < -0.39 is 0 Å². The summed E-state index contributed by atoms with van der Waals surface area (Å²) in [6.45, 7) is 7.36. The molecule has 168 valence electrons. The number of hydrogen-bond acceptors (Lipinski definition) is 4. The van der Waals surface area contributed by atoms with Gasteiger partial charge < -0.3 is 9.80 Å². The van der Waals surface area contributed by atoms with Crippen molar-refractivity contribution in [1.29, 1.82) is 0 Å². The van der Waals surface area contributed by atoms with Crippen molar-refractivity contribution in [2.24, 2.45) is 0 Å². The summed E-state index contributed by atoms with van der Waals surface area (Å²) in [5.41, 5.74) is 2.51. The fraction of sp³-hybridized carbons (Fsp3) is 0.652. The minimum Gasteiger partial charge on any atom is -0.340 e. The van der Waals surface area contributed by atoms with Crippen molar-refractivity contribution in [1.82, 2.24) is 24.4 Å². The molecule has 4 heterocycles. The number of aromatic amines is 1. The largest absolute Gasteiger partial charge is 0.340 e. The minimum absolute atomic E-state index is 0.0422. The zero-order valence-corrected chi connectivity index (χ0v) is 18.8. The number of piperidine rings is 1. The van der Waals surface area contributed by atoms with Gasteiger partial charge in [-0.2, -0.15) is 0 Å². The fourth-order valence-electron chi connectivity index (χ4n) is 5.08. The molecule has 2 fully saturated rings. The van der Waals surface area contributed by atoms with E-state index in [1.54, 1.807) is 0 Å². The van der Waals surface area contributed by atoms with Crippen molar-refractivity contribution in [2.75, 3.05) is 13.1 Å². The highest BCUT2D eigenvalue weighted by molar-refractivity contribution is 5.77. The van der Waals surface area contributed by atoms with Crippen LogP contribution in [-0.4, -0.2) is 55.3 Å². The van der Waals surface area contributed by atoms with E-state index in [4.69, 9.17) is 0 Å². The Bertz CT molecular complexity index is 1040. The van der Waals surface area contributed by atoms with Gasteiger partial charge in [0.25, 0.3) is 5.56 Å². The van der Waals surface area contributed by atoms with Gasteiger partial charge in [0.2, 0.25) is 11.8 Å². The molecule has 0 bridgehead atoms. The number of rotatable bonds is 5. The Balaban J connectivity index is 1.56. The Labute approximate surface area is 182 Å². The van der Waals surface area contributed by atoms with Crippen LogP contribution in [0.3, 0.4) is 0 Å². The van der Waals surface area contributed by atoms with Gasteiger partial charge in [0.05, 0.1) is 11.7 Å². The first-order chi connectivity index (χ1) is 14.9. The van der Waals surface area contributed by atoms with E-state index in [2.05, 4.69) is 17.0 Å². The molecule has 2 aliphatic heterocycles. The van der Waals surface area contributed by atoms with E-state index in [0.29, 0.717) is 36.2 Å². The van der Waals surface area contributed by atoms with Gasteiger partial charge >= 0.3 is 0 Å². The van der Waals surface area contributed by atoms with E-state index in [0.717, 1.165) is 44.5 Å². The molecule has 1 N–H and O–H groups in total. The molecular formula is C23H33N5O3. The number of aryl methyl sites for hydroxylation is 1. The third-order valence-corrected chi connectivity index (χ3v) is 6.88. The van der Waals surface area contributed by atoms with Crippen LogP contribution in [0.2, 0.25) is 0 Å². The fourth-order valence-corrected chi connectivity index (χ4v) is 5.08. The van der Waals surface area contributed by atoms with Gasteiger partial charge in [-0.25, -0.2) is 9.50 Å². The van der Waals surface area contributed by atoms with Crippen LogP contribution in [0.1, 0.15) is 81.8 Å². The SMILES string of the molecule is CCC(=O)N1CCC[C@@H]1c1cc2nc(C)c(CCC(=O)N3CCCC[C@H]3C)c(=O)n2[nH]1. The summed E-state index contributed by atoms with van der Waals surface area (Å²) >= 11 is 0. The number of nitrogens with zero attached hydrogens (tertiary/aromatic N) is 4. The molecule has 2 amide bonds. The molecule has 2 saturated heterocycles. The lowest BCUT2D eigenvalue weighted by Crippen LogP contribution is -2.42. The molecule has 2 aliphatic rings. The first kappa shape index (κ1) is 21.6. The lowest BCUT2D eigenvalue weighted by atomic mass is 10.0. The smallest absolute Gasteiger partial charge is 0.276 e. The molecule has 4 rings (SSSR count). The highest BCUT2D eigenvalue weighted by Gasteiger charge is 2.31. The van der Waals surface area contributed by atoms with Crippen LogP contribution < -0.4 is 5.56 Å². The normalized spacial score (nSPS) is 21.8. The summed E-state index contributed by atoms with van der Waals surface area (Å²) in [4.78, 5) is 46.7. The molecule has 2 atom stereocenters. The third kappa shape index (κ3) is 4.12. The standard InChI is InChI=1S/C23H33N5O3/c1-4-21(29)27-13-7-9-19(27)18-14-20-24-16(3)17(23(31)28(20)25-18)10-11-22(30)26-12-6-5-8-15(26)2/h14-15,19,25H,4-13H2,1-3H3/t15-,19-/m1/s1. The van der Waals surface area contributed by atoms with Crippen molar-refractivity contribution >= 4 is 17.5 Å². The Morgan fingerprint density at radius 2 is 1.90 bits per heavy atom. The molecule has 0 aliphatic carbocycles. The van der Waals surface area contributed by atoms with Gasteiger partial charge in [0.1, 0.15) is 0 Å². The second kappa shape index (κ2) is 8.85. The quantitative estimate of drug-likeness (QED) is 0.794. The van der Waals surface area contributed by atoms with Crippen molar-refractivity contribution in [3.63, 3.8) is 0 Å². The highest BCUT2D eigenvalue weighted by atomic mass is 16.2.